The number of hydrogen-bond donors (Lipinski definition) is 3. The summed E-state index contributed by atoms with van der Waals surface area (Å²) < 4.78 is 55.4. The fourth-order valence-electron chi connectivity index (χ4n) is 3.56. The Bertz CT molecular complexity index is 1430. The Labute approximate surface area is 197 Å². The number of nitrogens with zero attached hydrogens (tertiary/aromatic N) is 2. The van der Waals surface area contributed by atoms with Crippen molar-refractivity contribution < 1.29 is 22.3 Å². The van der Waals surface area contributed by atoms with Crippen LogP contribution in [0.25, 0.3) is 0 Å². The van der Waals surface area contributed by atoms with Crippen molar-refractivity contribution in [3.8, 4) is 5.75 Å². The van der Waals surface area contributed by atoms with Crippen LogP contribution in [-0.4, -0.2) is 56.0 Å². The maximum absolute atomic E-state index is 14.0. The number of para-hydroxylation sites is 1. The molecule has 0 radical (unpaired) electrons. The Balaban J connectivity index is 1.69. The largest absolute Gasteiger partial charge is 0.504 e. The summed E-state index contributed by atoms with van der Waals surface area (Å²) in [7, 11) is -2.34. The number of rotatable bonds is 6. The maximum Gasteiger partial charge on any atom is 0.253 e. The molecule has 3 N–H and O–H groups in total. The Hall–Kier alpha value is -3.06. The van der Waals surface area contributed by atoms with E-state index in [0.29, 0.717) is 13.1 Å². The van der Waals surface area contributed by atoms with Crippen LogP contribution in [0.3, 0.4) is 0 Å². The minimum absolute atomic E-state index is 0.187. The molecule has 1 aliphatic heterocycles. The van der Waals surface area contributed by atoms with Gasteiger partial charge in [0.15, 0.2) is 5.75 Å². The number of halogens is 3. The van der Waals surface area contributed by atoms with E-state index in [9.17, 15) is 31.9 Å². The number of aromatic hydroxyl groups is 1. The molecule has 3 aromatic carbocycles. The van der Waals surface area contributed by atoms with Gasteiger partial charge in [-0.2, -0.15) is 4.31 Å². The van der Waals surface area contributed by atoms with Crippen molar-refractivity contribution in [2.45, 2.75) is 4.90 Å². The van der Waals surface area contributed by atoms with Crippen LogP contribution in [-0.2, 0) is 10.0 Å². The summed E-state index contributed by atoms with van der Waals surface area (Å²) in [6, 6.07) is 5.48. The zero-order valence-corrected chi connectivity index (χ0v) is 19.3. The monoisotopic (exact) mass is 512 g/mol. The van der Waals surface area contributed by atoms with Crippen LogP contribution < -0.4 is 21.5 Å². The van der Waals surface area contributed by atoms with E-state index in [0.717, 1.165) is 18.2 Å². The predicted octanol–water partition coefficient (Wildman–Crippen LogP) is 2.34. The maximum atomic E-state index is 14.0. The summed E-state index contributed by atoms with van der Waals surface area (Å²) in [4.78, 5) is 25.6. The van der Waals surface area contributed by atoms with Crippen molar-refractivity contribution in [1.29, 1.82) is 0 Å². The second-order valence-corrected chi connectivity index (χ2v) is 10.0. The predicted molar refractivity (Wildman–Crippen MR) is 124 cm³/mol. The van der Waals surface area contributed by atoms with Crippen LogP contribution in [0.5, 0.6) is 5.75 Å². The molecule has 13 heteroatoms. The summed E-state index contributed by atoms with van der Waals surface area (Å²) in [5, 5.41) is 15.3. The Morgan fingerprint density at radius 3 is 2.06 bits per heavy atom. The summed E-state index contributed by atoms with van der Waals surface area (Å²) in [5.74, 6) is -2.75. The number of likely N-dealkylation sites (N-methyl/N-ethyl adjacent to an activating group) is 1. The molecular formula is C21H19ClF2N4O5S. The van der Waals surface area contributed by atoms with Gasteiger partial charge in [0.1, 0.15) is 33.6 Å². The molecule has 0 spiro atoms. The first-order valence-corrected chi connectivity index (χ1v) is 11.9. The molecule has 1 heterocycles. The van der Waals surface area contributed by atoms with E-state index in [4.69, 9.17) is 11.6 Å². The van der Waals surface area contributed by atoms with Crippen LogP contribution in [0.2, 0.25) is 5.02 Å². The summed E-state index contributed by atoms with van der Waals surface area (Å²) in [5.41, 5.74) is -3.77. The highest BCUT2D eigenvalue weighted by Crippen LogP contribution is 2.40. The van der Waals surface area contributed by atoms with Gasteiger partial charge >= 0.3 is 0 Å². The SMILES string of the molecule is CN1CCN(S(=O)(=O)c2c(Cl)ccc(Nc3c(Nc4c(F)cccc4F)c(=O)c3=O)c2O)CC1. The number of piperazine rings is 1. The van der Waals surface area contributed by atoms with Gasteiger partial charge in [0.25, 0.3) is 10.9 Å². The van der Waals surface area contributed by atoms with E-state index < -0.39 is 60.2 Å². The number of phenolic OH excluding ortho intramolecular Hbond substituents is 1. The highest BCUT2D eigenvalue weighted by Gasteiger charge is 2.33. The summed E-state index contributed by atoms with van der Waals surface area (Å²) >= 11 is 6.11. The first-order valence-electron chi connectivity index (χ1n) is 10.0. The molecule has 4 rings (SSSR count). The molecule has 0 unspecified atom stereocenters. The van der Waals surface area contributed by atoms with Gasteiger partial charge in [-0.15, -0.1) is 0 Å². The first-order chi connectivity index (χ1) is 16.0. The zero-order valence-electron chi connectivity index (χ0n) is 17.7. The third-order valence-electron chi connectivity index (χ3n) is 5.53. The lowest BCUT2D eigenvalue weighted by molar-refractivity contribution is 0.222. The molecular weight excluding hydrogens is 494 g/mol. The number of nitrogens with one attached hydrogen (secondary N) is 2. The lowest BCUT2D eigenvalue weighted by atomic mass is 10.1. The second kappa shape index (κ2) is 8.95. The molecule has 0 amide bonds. The fraction of sp³-hybridized carbons (Fsp3) is 0.238. The minimum Gasteiger partial charge on any atom is -0.504 e. The molecule has 1 aliphatic rings. The van der Waals surface area contributed by atoms with Crippen molar-refractivity contribution in [2.75, 3.05) is 43.9 Å². The smallest absolute Gasteiger partial charge is 0.253 e. The Kier molecular flexibility index (Phi) is 6.34. The van der Waals surface area contributed by atoms with Gasteiger partial charge < -0.3 is 20.6 Å². The van der Waals surface area contributed by atoms with Crippen molar-refractivity contribution in [2.24, 2.45) is 0 Å². The lowest BCUT2D eigenvalue weighted by Gasteiger charge is -2.32. The van der Waals surface area contributed by atoms with E-state index >= 15 is 0 Å². The van der Waals surface area contributed by atoms with Crippen LogP contribution in [0.4, 0.5) is 31.5 Å². The number of phenols is 1. The Morgan fingerprint density at radius 1 is 0.912 bits per heavy atom. The van der Waals surface area contributed by atoms with Gasteiger partial charge in [-0.25, -0.2) is 17.2 Å². The average Bonchev–Trinajstić information content (AvgIpc) is 2.79. The molecule has 180 valence electrons. The number of sulfonamides is 1. The van der Waals surface area contributed by atoms with E-state index in [1.807, 2.05) is 11.9 Å². The average molecular weight is 513 g/mol. The molecule has 9 nitrogen and oxygen atoms in total. The standard InChI is InChI=1S/C21H19ClF2N4O5S/c1-27-7-9-28(10-8-27)34(32,33)21-11(22)5-6-14(18(21)29)25-16-17(20(31)19(16)30)26-15-12(23)3-2-4-13(15)24/h2-6,25-26,29H,7-10H2,1H3. The molecule has 0 aliphatic carbocycles. The topological polar surface area (TPSA) is 119 Å². The molecule has 0 bridgehead atoms. The van der Waals surface area contributed by atoms with Crippen molar-refractivity contribution in [1.82, 2.24) is 9.21 Å². The van der Waals surface area contributed by atoms with E-state index in [1.54, 1.807) is 0 Å². The normalized spacial score (nSPS) is 15.5. The lowest BCUT2D eigenvalue weighted by Crippen LogP contribution is -2.47. The van der Waals surface area contributed by atoms with Crippen LogP contribution >= 0.6 is 11.6 Å². The zero-order chi connectivity index (χ0) is 24.8. The van der Waals surface area contributed by atoms with Crippen LogP contribution in [0.1, 0.15) is 0 Å². The molecule has 0 atom stereocenters. The minimum atomic E-state index is -4.19. The van der Waals surface area contributed by atoms with Gasteiger partial charge in [0.05, 0.1) is 10.7 Å². The van der Waals surface area contributed by atoms with Gasteiger partial charge in [0.2, 0.25) is 10.0 Å². The van der Waals surface area contributed by atoms with Gasteiger partial charge in [-0.3, -0.25) is 9.59 Å². The molecule has 34 heavy (non-hydrogen) atoms. The second-order valence-electron chi connectivity index (χ2n) is 7.73. The highest BCUT2D eigenvalue weighted by atomic mass is 35.5. The van der Waals surface area contributed by atoms with E-state index in [-0.39, 0.29) is 23.8 Å². The number of hydrogen-bond acceptors (Lipinski definition) is 8. The third kappa shape index (κ3) is 4.13. The fourth-order valence-corrected chi connectivity index (χ4v) is 5.57. The van der Waals surface area contributed by atoms with E-state index in [1.165, 1.54) is 16.4 Å². The van der Waals surface area contributed by atoms with Crippen LogP contribution in [0.15, 0.2) is 44.8 Å². The summed E-state index contributed by atoms with van der Waals surface area (Å²) in [6.45, 7) is 1.35. The highest BCUT2D eigenvalue weighted by molar-refractivity contribution is 7.89. The van der Waals surface area contributed by atoms with Gasteiger partial charge in [0, 0.05) is 26.2 Å². The molecule has 0 aromatic heterocycles. The molecule has 3 aromatic rings. The quantitative estimate of drug-likeness (QED) is 0.340. The van der Waals surface area contributed by atoms with Crippen molar-refractivity contribution in [3.63, 3.8) is 0 Å². The molecule has 1 saturated heterocycles. The third-order valence-corrected chi connectivity index (χ3v) is 7.93. The Morgan fingerprint density at radius 2 is 1.47 bits per heavy atom. The number of benzene rings is 2. The van der Waals surface area contributed by atoms with Gasteiger partial charge in [-0.1, -0.05) is 17.7 Å². The van der Waals surface area contributed by atoms with Crippen LogP contribution in [0, 0.1) is 11.6 Å². The summed E-state index contributed by atoms with van der Waals surface area (Å²) in [6.07, 6.45) is 0. The van der Waals surface area contributed by atoms with Crippen molar-refractivity contribution >= 4 is 44.4 Å². The first kappa shape index (κ1) is 24.1. The number of anilines is 4. The molecule has 1 fully saturated rings. The van der Waals surface area contributed by atoms with E-state index in [2.05, 4.69) is 10.6 Å². The van der Waals surface area contributed by atoms with Gasteiger partial charge in [-0.05, 0) is 31.3 Å². The molecule has 0 saturated carbocycles. The van der Waals surface area contributed by atoms with Crippen molar-refractivity contribution in [3.05, 3.63) is 67.4 Å².